The molecule has 2 aromatic carbocycles. The summed E-state index contributed by atoms with van der Waals surface area (Å²) in [6.07, 6.45) is 0. The van der Waals surface area contributed by atoms with Crippen molar-refractivity contribution < 1.29 is 18.4 Å². The lowest BCUT2D eigenvalue weighted by Crippen LogP contribution is -1.97. The Bertz CT molecular complexity index is 662. The molecule has 0 amide bonds. The van der Waals surface area contributed by atoms with Crippen LogP contribution in [0.3, 0.4) is 0 Å². The molecule has 0 aliphatic heterocycles. The predicted molar refractivity (Wildman–Crippen MR) is 69.3 cm³/mol. The number of hydrogen-bond acceptors (Lipinski definition) is 4. The van der Waals surface area contributed by atoms with E-state index in [4.69, 9.17) is 4.74 Å². The number of ether oxygens (including phenoxy) is 1. The molecule has 0 aliphatic rings. The third kappa shape index (κ3) is 3.00. The maximum atomic E-state index is 13.6. The summed E-state index contributed by atoms with van der Waals surface area (Å²) in [5.74, 6) is -0.970. The molecule has 1 N–H and O–H groups in total. The Balaban J connectivity index is 2.36. The average Bonchev–Trinajstić information content (AvgIpc) is 2.40. The van der Waals surface area contributed by atoms with E-state index in [-0.39, 0.29) is 11.4 Å². The lowest BCUT2D eigenvalue weighted by Gasteiger charge is -2.09. The molecule has 0 heterocycles. The third-order valence-corrected chi connectivity index (χ3v) is 2.55. The van der Waals surface area contributed by atoms with Gasteiger partial charge in [-0.2, -0.15) is 0 Å². The summed E-state index contributed by atoms with van der Waals surface area (Å²) >= 11 is 0. The number of non-ortho nitro benzene ring substituents is 1. The summed E-state index contributed by atoms with van der Waals surface area (Å²) < 4.78 is 31.8. The van der Waals surface area contributed by atoms with Crippen LogP contribution in [0.2, 0.25) is 0 Å². The topological polar surface area (TPSA) is 64.4 Å². The van der Waals surface area contributed by atoms with Crippen LogP contribution in [0.5, 0.6) is 5.75 Å². The quantitative estimate of drug-likeness (QED) is 0.686. The van der Waals surface area contributed by atoms with Gasteiger partial charge in [0, 0.05) is 17.8 Å². The van der Waals surface area contributed by atoms with Crippen molar-refractivity contribution >= 4 is 17.1 Å². The van der Waals surface area contributed by atoms with Crippen molar-refractivity contribution in [3.05, 3.63) is 58.1 Å². The van der Waals surface area contributed by atoms with Crippen molar-refractivity contribution in [2.24, 2.45) is 0 Å². The molecular weight excluding hydrogens is 270 g/mol. The minimum absolute atomic E-state index is 0.0317. The zero-order valence-corrected chi connectivity index (χ0v) is 10.4. The first-order valence-electron chi connectivity index (χ1n) is 5.55. The summed E-state index contributed by atoms with van der Waals surface area (Å²) in [5, 5.41) is 13.2. The molecule has 0 fully saturated rings. The van der Waals surface area contributed by atoms with E-state index in [0.717, 1.165) is 18.2 Å². The van der Waals surface area contributed by atoms with Gasteiger partial charge in [-0.05, 0) is 18.2 Å². The Hall–Kier alpha value is -2.70. The standard InChI is InChI=1S/C13H10F2N2O3/c1-20-11-2-3-12(15)13(7-11)16-9-4-8(14)5-10(6-9)17(18)19/h2-7,16H,1H3. The number of methoxy groups -OCH3 is 1. The number of benzene rings is 2. The van der Waals surface area contributed by atoms with Crippen LogP contribution in [0.25, 0.3) is 0 Å². The van der Waals surface area contributed by atoms with E-state index in [9.17, 15) is 18.9 Å². The van der Waals surface area contributed by atoms with Gasteiger partial charge in [-0.15, -0.1) is 0 Å². The van der Waals surface area contributed by atoms with Gasteiger partial charge in [-0.1, -0.05) is 0 Å². The van der Waals surface area contributed by atoms with Gasteiger partial charge in [0.1, 0.15) is 17.4 Å². The van der Waals surface area contributed by atoms with E-state index in [0.29, 0.717) is 5.75 Å². The first-order chi connectivity index (χ1) is 9.49. The highest BCUT2D eigenvalue weighted by atomic mass is 19.1. The average molecular weight is 280 g/mol. The second kappa shape index (κ2) is 5.52. The second-order valence-corrected chi connectivity index (χ2v) is 3.93. The summed E-state index contributed by atoms with van der Waals surface area (Å²) in [7, 11) is 1.42. The molecular formula is C13H10F2N2O3. The Morgan fingerprint density at radius 1 is 1.20 bits per heavy atom. The number of nitrogens with one attached hydrogen (secondary N) is 1. The van der Waals surface area contributed by atoms with Gasteiger partial charge in [0.05, 0.1) is 23.8 Å². The normalized spacial score (nSPS) is 10.2. The minimum atomic E-state index is -0.787. The van der Waals surface area contributed by atoms with Gasteiger partial charge in [0.25, 0.3) is 5.69 Å². The Labute approximate surface area is 113 Å². The fraction of sp³-hybridized carbons (Fsp3) is 0.0769. The van der Waals surface area contributed by atoms with E-state index in [1.54, 1.807) is 0 Å². The van der Waals surface area contributed by atoms with Crippen molar-refractivity contribution in [2.75, 3.05) is 12.4 Å². The van der Waals surface area contributed by atoms with E-state index < -0.39 is 22.2 Å². The van der Waals surface area contributed by atoms with Crippen molar-refractivity contribution in [1.82, 2.24) is 0 Å². The highest BCUT2D eigenvalue weighted by Gasteiger charge is 2.11. The first-order valence-corrected chi connectivity index (χ1v) is 5.55. The van der Waals surface area contributed by atoms with Crippen LogP contribution in [0.15, 0.2) is 36.4 Å². The molecule has 7 heteroatoms. The van der Waals surface area contributed by atoms with E-state index in [2.05, 4.69) is 5.32 Å². The minimum Gasteiger partial charge on any atom is -0.497 e. The second-order valence-electron chi connectivity index (χ2n) is 3.93. The van der Waals surface area contributed by atoms with Crippen LogP contribution < -0.4 is 10.1 Å². The zero-order chi connectivity index (χ0) is 14.7. The highest BCUT2D eigenvalue weighted by molar-refractivity contribution is 5.64. The summed E-state index contributed by atoms with van der Waals surface area (Å²) in [4.78, 5) is 9.92. The fourth-order valence-electron chi connectivity index (χ4n) is 1.63. The zero-order valence-electron chi connectivity index (χ0n) is 10.4. The number of hydrogen-bond donors (Lipinski definition) is 1. The van der Waals surface area contributed by atoms with Gasteiger partial charge in [-0.3, -0.25) is 10.1 Å². The van der Waals surface area contributed by atoms with Crippen molar-refractivity contribution in [1.29, 1.82) is 0 Å². The van der Waals surface area contributed by atoms with Gasteiger partial charge in [0.15, 0.2) is 0 Å². The molecule has 0 radical (unpaired) electrons. The molecule has 0 unspecified atom stereocenters. The maximum Gasteiger partial charge on any atom is 0.274 e. The smallest absolute Gasteiger partial charge is 0.274 e. The molecule has 0 aromatic heterocycles. The molecule has 2 aromatic rings. The molecule has 2 rings (SSSR count). The lowest BCUT2D eigenvalue weighted by molar-refractivity contribution is -0.385. The van der Waals surface area contributed by atoms with Crippen LogP contribution in [0, 0.1) is 21.7 Å². The van der Waals surface area contributed by atoms with Crippen LogP contribution in [-0.4, -0.2) is 12.0 Å². The third-order valence-electron chi connectivity index (χ3n) is 2.55. The number of nitro groups is 1. The SMILES string of the molecule is COc1ccc(F)c(Nc2cc(F)cc([N+](=O)[O-])c2)c1. The van der Waals surface area contributed by atoms with Crippen LogP contribution >= 0.6 is 0 Å². The largest absolute Gasteiger partial charge is 0.497 e. The van der Waals surface area contributed by atoms with E-state index in [1.165, 1.54) is 25.3 Å². The lowest BCUT2D eigenvalue weighted by atomic mass is 10.2. The summed E-state index contributed by atoms with van der Waals surface area (Å²) in [6, 6.07) is 6.90. The van der Waals surface area contributed by atoms with Crippen LogP contribution in [0.4, 0.5) is 25.8 Å². The van der Waals surface area contributed by atoms with Gasteiger partial charge in [-0.25, -0.2) is 8.78 Å². The van der Waals surface area contributed by atoms with Crippen molar-refractivity contribution in [3.8, 4) is 5.75 Å². The number of nitrogens with zero attached hydrogens (tertiary/aromatic N) is 1. The molecule has 5 nitrogen and oxygen atoms in total. The predicted octanol–water partition coefficient (Wildman–Crippen LogP) is 3.63. The van der Waals surface area contributed by atoms with Gasteiger partial charge >= 0.3 is 0 Å². The van der Waals surface area contributed by atoms with Gasteiger partial charge < -0.3 is 10.1 Å². The van der Waals surface area contributed by atoms with E-state index in [1.807, 2.05) is 0 Å². The summed E-state index contributed by atoms with van der Waals surface area (Å²) in [5.41, 5.74) is -0.316. The van der Waals surface area contributed by atoms with Crippen molar-refractivity contribution in [2.45, 2.75) is 0 Å². The molecule has 0 saturated heterocycles. The highest BCUT2D eigenvalue weighted by Crippen LogP contribution is 2.27. The fourth-order valence-corrected chi connectivity index (χ4v) is 1.63. The molecule has 0 spiro atoms. The van der Waals surface area contributed by atoms with E-state index >= 15 is 0 Å². The molecule has 0 saturated carbocycles. The van der Waals surface area contributed by atoms with Gasteiger partial charge in [0.2, 0.25) is 0 Å². The number of rotatable bonds is 4. The van der Waals surface area contributed by atoms with Crippen LogP contribution in [0.1, 0.15) is 0 Å². The Morgan fingerprint density at radius 3 is 2.60 bits per heavy atom. The molecule has 20 heavy (non-hydrogen) atoms. The van der Waals surface area contributed by atoms with Crippen molar-refractivity contribution in [3.63, 3.8) is 0 Å². The molecule has 0 bridgehead atoms. The Kier molecular flexibility index (Phi) is 3.79. The number of halogens is 2. The Morgan fingerprint density at radius 2 is 1.95 bits per heavy atom. The maximum absolute atomic E-state index is 13.6. The molecule has 0 aliphatic carbocycles. The van der Waals surface area contributed by atoms with Crippen LogP contribution in [-0.2, 0) is 0 Å². The number of anilines is 2. The monoisotopic (exact) mass is 280 g/mol. The molecule has 0 atom stereocenters. The first kappa shape index (κ1) is 13.7. The number of nitro benzene ring substituents is 1. The molecule has 104 valence electrons. The summed E-state index contributed by atoms with van der Waals surface area (Å²) in [6.45, 7) is 0.